The zero-order valence-electron chi connectivity index (χ0n) is 12.5. The number of rotatable bonds is 2. The Kier molecular flexibility index (Phi) is 3.63. The second-order valence-electron chi connectivity index (χ2n) is 7.14. The molecule has 4 heteroatoms. The van der Waals surface area contributed by atoms with Gasteiger partial charge in [0.1, 0.15) is 11.4 Å². The van der Waals surface area contributed by atoms with Crippen molar-refractivity contribution in [2.45, 2.75) is 59.0 Å². The molecule has 2 rings (SSSR count). The maximum Gasteiger partial charge on any atom is 0.410 e. The van der Waals surface area contributed by atoms with Crippen LogP contribution in [0.1, 0.15) is 53.4 Å². The maximum atomic E-state index is 12.0. The summed E-state index contributed by atoms with van der Waals surface area (Å²) in [7, 11) is 0. The smallest absolute Gasteiger partial charge is 0.410 e. The van der Waals surface area contributed by atoms with E-state index in [1.807, 2.05) is 20.8 Å². The van der Waals surface area contributed by atoms with Crippen molar-refractivity contribution in [2.24, 2.45) is 11.3 Å². The Morgan fingerprint density at radius 1 is 1.26 bits per heavy atom. The molecule has 108 valence electrons. The minimum Gasteiger partial charge on any atom is -0.444 e. The summed E-state index contributed by atoms with van der Waals surface area (Å²) in [5.74, 6) is 0.849. The fraction of sp³-hybridized carbons (Fsp3) is 0.867. The van der Waals surface area contributed by atoms with E-state index in [1.165, 1.54) is 0 Å². The van der Waals surface area contributed by atoms with Crippen molar-refractivity contribution in [3.63, 3.8) is 0 Å². The number of hydrogen-bond donors (Lipinski definition) is 0. The standard InChI is InChI=1S/C15H25NO3/c1-11(17)9-12-10-15(12)5-7-16(8-6-15)13(18)19-14(2,3)4/h12H,5-10H2,1-4H3. The Balaban J connectivity index is 1.81. The molecule has 1 amide bonds. The van der Waals surface area contributed by atoms with Crippen LogP contribution in [0.2, 0.25) is 0 Å². The van der Waals surface area contributed by atoms with E-state index < -0.39 is 5.60 Å². The van der Waals surface area contributed by atoms with Crippen molar-refractivity contribution in [1.29, 1.82) is 0 Å². The Labute approximate surface area is 115 Å². The molecule has 1 heterocycles. The SMILES string of the molecule is CC(=O)CC1CC12CCN(C(=O)OC(C)(C)C)CC2. The van der Waals surface area contributed by atoms with Crippen molar-refractivity contribution in [1.82, 2.24) is 4.90 Å². The third-order valence-corrected chi connectivity index (χ3v) is 4.30. The van der Waals surface area contributed by atoms with Gasteiger partial charge in [-0.05, 0) is 58.3 Å². The van der Waals surface area contributed by atoms with Crippen molar-refractivity contribution in [2.75, 3.05) is 13.1 Å². The predicted octanol–water partition coefficient (Wildman–Crippen LogP) is 3.00. The highest BCUT2D eigenvalue weighted by atomic mass is 16.6. The highest BCUT2D eigenvalue weighted by Gasteiger charge is 2.55. The molecule has 19 heavy (non-hydrogen) atoms. The zero-order chi connectivity index (χ0) is 14.3. The molecular weight excluding hydrogens is 242 g/mol. The second-order valence-corrected chi connectivity index (χ2v) is 7.14. The first-order valence-corrected chi connectivity index (χ1v) is 7.19. The average Bonchev–Trinajstić information content (AvgIpc) is 2.88. The molecule has 4 nitrogen and oxygen atoms in total. The van der Waals surface area contributed by atoms with Gasteiger partial charge in [0.15, 0.2) is 0 Å². The molecule has 1 aliphatic carbocycles. The number of likely N-dealkylation sites (tertiary alicyclic amines) is 1. The lowest BCUT2D eigenvalue weighted by molar-refractivity contribution is -0.117. The van der Waals surface area contributed by atoms with Gasteiger partial charge in [-0.15, -0.1) is 0 Å². The lowest BCUT2D eigenvalue weighted by atomic mass is 9.90. The maximum absolute atomic E-state index is 12.0. The van der Waals surface area contributed by atoms with Crippen LogP contribution in [0.25, 0.3) is 0 Å². The van der Waals surface area contributed by atoms with E-state index in [4.69, 9.17) is 4.74 Å². The van der Waals surface area contributed by atoms with Crippen molar-refractivity contribution in [3.05, 3.63) is 0 Å². The van der Waals surface area contributed by atoms with E-state index in [1.54, 1.807) is 11.8 Å². The molecule has 0 bridgehead atoms. The number of ether oxygens (including phenoxy) is 1. The number of piperidine rings is 1. The number of hydrogen-bond acceptors (Lipinski definition) is 3. The van der Waals surface area contributed by atoms with Crippen molar-refractivity contribution < 1.29 is 14.3 Å². The van der Waals surface area contributed by atoms with E-state index in [-0.39, 0.29) is 11.9 Å². The first-order chi connectivity index (χ1) is 8.72. The van der Waals surface area contributed by atoms with E-state index in [2.05, 4.69) is 0 Å². The summed E-state index contributed by atoms with van der Waals surface area (Å²) >= 11 is 0. The molecule has 0 radical (unpaired) electrons. The van der Waals surface area contributed by atoms with Crippen LogP contribution in [0.5, 0.6) is 0 Å². The van der Waals surface area contributed by atoms with Crippen LogP contribution in [0, 0.1) is 11.3 Å². The predicted molar refractivity (Wildman–Crippen MR) is 72.9 cm³/mol. The number of carbonyl (C=O) groups excluding carboxylic acids is 2. The summed E-state index contributed by atoms with van der Waals surface area (Å²) in [6, 6.07) is 0. The van der Waals surface area contributed by atoms with Gasteiger partial charge >= 0.3 is 6.09 Å². The third kappa shape index (κ3) is 3.48. The van der Waals surface area contributed by atoms with Gasteiger partial charge in [0, 0.05) is 19.5 Å². The molecule has 0 aromatic rings. The van der Waals surface area contributed by atoms with Crippen LogP contribution in [-0.2, 0) is 9.53 Å². The molecule has 1 saturated carbocycles. The molecule has 1 aliphatic heterocycles. The van der Waals surface area contributed by atoms with Gasteiger partial charge in [-0.25, -0.2) is 4.79 Å². The quantitative estimate of drug-likeness (QED) is 0.772. The average molecular weight is 267 g/mol. The molecule has 0 aromatic heterocycles. The molecule has 0 aromatic carbocycles. The highest BCUT2D eigenvalue weighted by molar-refractivity contribution is 5.76. The topological polar surface area (TPSA) is 46.6 Å². The molecular formula is C15H25NO3. The Hall–Kier alpha value is -1.06. The fourth-order valence-electron chi connectivity index (χ4n) is 3.14. The minimum atomic E-state index is -0.428. The highest BCUT2D eigenvalue weighted by Crippen LogP contribution is 2.60. The number of ketones is 1. The fourth-order valence-corrected chi connectivity index (χ4v) is 3.14. The summed E-state index contributed by atoms with van der Waals surface area (Å²) in [4.78, 5) is 24.9. The molecule has 0 N–H and O–H groups in total. The van der Waals surface area contributed by atoms with Crippen LogP contribution in [0.3, 0.4) is 0 Å². The van der Waals surface area contributed by atoms with E-state index in [9.17, 15) is 9.59 Å². The summed E-state index contributed by atoms with van der Waals surface area (Å²) in [5.41, 5.74) is -0.0762. The van der Waals surface area contributed by atoms with Gasteiger partial charge in [-0.3, -0.25) is 0 Å². The third-order valence-electron chi connectivity index (χ3n) is 4.30. The molecule has 1 saturated heterocycles. The number of Topliss-reactive ketones (excluding diaryl/α,β-unsaturated/α-hetero) is 1. The lowest BCUT2D eigenvalue weighted by Gasteiger charge is -2.34. The van der Waals surface area contributed by atoms with Gasteiger partial charge in [0.05, 0.1) is 0 Å². The van der Waals surface area contributed by atoms with E-state index in [0.717, 1.165) is 32.4 Å². The van der Waals surface area contributed by atoms with Crippen LogP contribution in [-0.4, -0.2) is 35.5 Å². The van der Waals surface area contributed by atoms with Crippen molar-refractivity contribution in [3.8, 4) is 0 Å². The summed E-state index contributed by atoms with van der Waals surface area (Å²) in [6.45, 7) is 8.87. The molecule has 1 atom stereocenters. The summed E-state index contributed by atoms with van der Waals surface area (Å²) < 4.78 is 5.39. The van der Waals surface area contributed by atoms with Gasteiger partial charge in [0.25, 0.3) is 0 Å². The Morgan fingerprint density at radius 2 is 1.84 bits per heavy atom. The normalized spacial score (nSPS) is 25.3. The van der Waals surface area contributed by atoms with Gasteiger partial charge in [-0.2, -0.15) is 0 Å². The number of nitrogens with zero attached hydrogens (tertiary/aromatic N) is 1. The molecule has 2 fully saturated rings. The lowest BCUT2D eigenvalue weighted by Crippen LogP contribution is -2.42. The van der Waals surface area contributed by atoms with Gasteiger partial charge < -0.3 is 14.4 Å². The first kappa shape index (κ1) is 14.4. The van der Waals surface area contributed by atoms with Crippen LogP contribution < -0.4 is 0 Å². The molecule has 1 unspecified atom stereocenters. The minimum absolute atomic E-state index is 0.203. The van der Waals surface area contributed by atoms with Crippen LogP contribution >= 0.6 is 0 Å². The largest absolute Gasteiger partial charge is 0.444 e. The number of amides is 1. The first-order valence-electron chi connectivity index (χ1n) is 7.19. The van der Waals surface area contributed by atoms with Crippen molar-refractivity contribution >= 4 is 11.9 Å². The zero-order valence-corrected chi connectivity index (χ0v) is 12.5. The van der Waals surface area contributed by atoms with Crippen LogP contribution in [0.4, 0.5) is 4.79 Å². The van der Waals surface area contributed by atoms with Gasteiger partial charge in [0.2, 0.25) is 0 Å². The van der Waals surface area contributed by atoms with E-state index >= 15 is 0 Å². The summed E-state index contributed by atoms with van der Waals surface area (Å²) in [5, 5.41) is 0. The van der Waals surface area contributed by atoms with Gasteiger partial charge in [-0.1, -0.05) is 0 Å². The second kappa shape index (κ2) is 4.80. The number of carbonyl (C=O) groups is 2. The molecule has 2 aliphatic rings. The molecule has 1 spiro atoms. The Morgan fingerprint density at radius 3 is 2.32 bits per heavy atom. The van der Waals surface area contributed by atoms with Crippen LogP contribution in [0.15, 0.2) is 0 Å². The monoisotopic (exact) mass is 267 g/mol. The Bertz CT molecular complexity index is 375. The summed E-state index contributed by atoms with van der Waals surface area (Å²) in [6.07, 6.45) is 3.71. The van der Waals surface area contributed by atoms with E-state index in [0.29, 0.717) is 17.8 Å².